The number of ether oxygens (including phenoxy) is 1. The van der Waals surface area contributed by atoms with Gasteiger partial charge in [0.05, 0.1) is 5.92 Å². The average molecular weight is 422 g/mol. The molecule has 0 radical (unpaired) electrons. The summed E-state index contributed by atoms with van der Waals surface area (Å²) in [7, 11) is 0. The molecule has 0 saturated heterocycles. The Bertz CT molecular complexity index is 959. The number of carbonyl (C=O) groups excluding carboxylic acids is 2. The zero-order valence-corrected chi connectivity index (χ0v) is 17.3. The predicted molar refractivity (Wildman–Crippen MR) is 115 cm³/mol. The maximum atomic E-state index is 12.4. The van der Waals surface area contributed by atoms with Crippen LogP contribution >= 0.6 is 0 Å². The molecule has 2 aliphatic rings. The van der Waals surface area contributed by atoms with E-state index in [9.17, 15) is 14.4 Å². The van der Waals surface area contributed by atoms with E-state index in [0.29, 0.717) is 19.4 Å². The standard InChI is InChI=1S/C24H26N2O5/c1-2-21(22(27)25-12-14-11-19(14)23(28)29)26-24(30)31-13-20-17-9-5-3-7-15(17)16-8-4-6-10-18(16)20/h3-10,14,19-21H,2,11-13H2,1H3,(H,25,27)(H,26,30)(H,28,29)/t14-,19-,21+/m0/s1. The highest BCUT2D eigenvalue weighted by Crippen LogP contribution is 2.44. The van der Waals surface area contributed by atoms with Gasteiger partial charge in [-0.2, -0.15) is 0 Å². The van der Waals surface area contributed by atoms with Crippen LogP contribution in [0.3, 0.4) is 0 Å². The van der Waals surface area contributed by atoms with Gasteiger partial charge in [-0.05, 0) is 41.0 Å². The van der Waals surface area contributed by atoms with Gasteiger partial charge in [-0.1, -0.05) is 55.5 Å². The van der Waals surface area contributed by atoms with Crippen LogP contribution in [0, 0.1) is 11.8 Å². The van der Waals surface area contributed by atoms with Crippen LogP contribution in [0.15, 0.2) is 48.5 Å². The molecule has 2 aromatic carbocycles. The first-order valence-corrected chi connectivity index (χ1v) is 10.6. The molecule has 0 aliphatic heterocycles. The van der Waals surface area contributed by atoms with Gasteiger partial charge >= 0.3 is 12.1 Å². The highest BCUT2D eigenvalue weighted by molar-refractivity contribution is 5.86. The van der Waals surface area contributed by atoms with Crippen molar-refractivity contribution in [1.82, 2.24) is 10.6 Å². The number of amides is 2. The average Bonchev–Trinajstić information content (AvgIpc) is 3.50. The SMILES string of the molecule is CC[C@@H](NC(=O)OCC1c2ccccc2-c2ccccc21)C(=O)NC[C@@H]1C[C@@H]1C(=O)O. The van der Waals surface area contributed by atoms with E-state index in [4.69, 9.17) is 9.84 Å². The fourth-order valence-electron chi connectivity index (χ4n) is 4.27. The molecule has 0 bridgehead atoms. The van der Waals surface area contributed by atoms with E-state index >= 15 is 0 Å². The number of benzene rings is 2. The summed E-state index contributed by atoms with van der Waals surface area (Å²) >= 11 is 0. The Balaban J connectivity index is 1.31. The zero-order valence-electron chi connectivity index (χ0n) is 17.3. The van der Waals surface area contributed by atoms with Gasteiger partial charge < -0.3 is 20.5 Å². The van der Waals surface area contributed by atoms with E-state index in [1.165, 1.54) is 0 Å². The number of alkyl carbamates (subject to hydrolysis) is 1. The molecule has 2 amide bonds. The van der Waals surface area contributed by atoms with Gasteiger partial charge in [0.25, 0.3) is 0 Å². The van der Waals surface area contributed by atoms with Crippen molar-refractivity contribution in [2.24, 2.45) is 11.8 Å². The van der Waals surface area contributed by atoms with Gasteiger partial charge in [0, 0.05) is 12.5 Å². The van der Waals surface area contributed by atoms with E-state index in [0.717, 1.165) is 22.3 Å². The summed E-state index contributed by atoms with van der Waals surface area (Å²) in [5.74, 6) is -1.62. The fraction of sp³-hybridized carbons (Fsp3) is 0.375. The molecule has 2 aromatic rings. The molecule has 4 rings (SSSR count). The molecule has 0 unspecified atom stereocenters. The minimum absolute atomic E-state index is 0.0339. The highest BCUT2D eigenvalue weighted by Gasteiger charge is 2.43. The zero-order chi connectivity index (χ0) is 22.0. The molecule has 3 N–H and O–H groups in total. The van der Waals surface area contributed by atoms with Crippen LogP contribution in [-0.4, -0.2) is 42.3 Å². The van der Waals surface area contributed by atoms with Crippen molar-refractivity contribution < 1.29 is 24.2 Å². The Morgan fingerprint density at radius 2 is 1.68 bits per heavy atom. The van der Waals surface area contributed by atoms with Crippen molar-refractivity contribution in [3.05, 3.63) is 59.7 Å². The van der Waals surface area contributed by atoms with Crippen molar-refractivity contribution in [3.63, 3.8) is 0 Å². The molecule has 0 aromatic heterocycles. The summed E-state index contributed by atoms with van der Waals surface area (Å²) in [5.41, 5.74) is 4.55. The van der Waals surface area contributed by atoms with Crippen LogP contribution in [-0.2, 0) is 14.3 Å². The third-order valence-electron chi connectivity index (χ3n) is 6.14. The molecular formula is C24H26N2O5. The van der Waals surface area contributed by atoms with Gasteiger partial charge in [0.1, 0.15) is 12.6 Å². The Labute approximate surface area is 180 Å². The normalized spacial score (nSPS) is 19.6. The lowest BCUT2D eigenvalue weighted by Gasteiger charge is -2.18. The number of hydrogen-bond donors (Lipinski definition) is 3. The Morgan fingerprint density at radius 3 is 2.23 bits per heavy atom. The van der Waals surface area contributed by atoms with Gasteiger partial charge in [-0.3, -0.25) is 9.59 Å². The van der Waals surface area contributed by atoms with E-state index < -0.39 is 18.1 Å². The summed E-state index contributed by atoms with van der Waals surface area (Å²) in [5, 5.41) is 14.3. The smallest absolute Gasteiger partial charge is 0.407 e. The van der Waals surface area contributed by atoms with Gasteiger partial charge in [0.2, 0.25) is 5.91 Å². The summed E-state index contributed by atoms with van der Waals surface area (Å²) in [6, 6.07) is 15.5. The lowest BCUT2D eigenvalue weighted by molar-refractivity contribution is -0.139. The molecule has 1 saturated carbocycles. The topological polar surface area (TPSA) is 105 Å². The Morgan fingerprint density at radius 1 is 1.06 bits per heavy atom. The van der Waals surface area contributed by atoms with Gasteiger partial charge in [0.15, 0.2) is 0 Å². The van der Waals surface area contributed by atoms with Crippen molar-refractivity contribution >= 4 is 18.0 Å². The Hall–Kier alpha value is -3.35. The van der Waals surface area contributed by atoms with Gasteiger partial charge in [-0.15, -0.1) is 0 Å². The second-order valence-corrected chi connectivity index (χ2v) is 8.12. The number of carboxylic acids is 1. The number of carboxylic acid groups (broad SMARTS) is 1. The molecule has 7 heteroatoms. The van der Waals surface area contributed by atoms with Crippen LogP contribution in [0.25, 0.3) is 11.1 Å². The first-order valence-electron chi connectivity index (χ1n) is 10.6. The quantitative estimate of drug-likeness (QED) is 0.606. The minimum Gasteiger partial charge on any atom is -0.481 e. The van der Waals surface area contributed by atoms with Crippen LogP contribution in [0.4, 0.5) is 4.79 Å². The lowest BCUT2D eigenvalue weighted by Crippen LogP contribution is -2.47. The number of hydrogen-bond acceptors (Lipinski definition) is 4. The molecular weight excluding hydrogens is 396 g/mol. The molecule has 2 aliphatic carbocycles. The van der Waals surface area contributed by atoms with Crippen molar-refractivity contribution in [2.45, 2.75) is 31.7 Å². The van der Waals surface area contributed by atoms with Gasteiger partial charge in [-0.25, -0.2) is 4.79 Å². The molecule has 31 heavy (non-hydrogen) atoms. The molecule has 0 heterocycles. The number of rotatable bonds is 8. The van der Waals surface area contributed by atoms with Crippen molar-refractivity contribution in [2.75, 3.05) is 13.2 Å². The molecule has 7 nitrogen and oxygen atoms in total. The summed E-state index contributed by atoms with van der Waals surface area (Å²) in [4.78, 5) is 35.7. The van der Waals surface area contributed by atoms with Crippen molar-refractivity contribution in [3.8, 4) is 11.1 Å². The number of nitrogens with one attached hydrogen (secondary N) is 2. The minimum atomic E-state index is -0.831. The number of aliphatic carboxylic acids is 1. The van der Waals surface area contributed by atoms with Crippen LogP contribution in [0.5, 0.6) is 0 Å². The molecule has 3 atom stereocenters. The summed E-state index contributed by atoms with van der Waals surface area (Å²) in [6.07, 6.45) is 0.341. The molecule has 1 fully saturated rings. The first kappa shape index (κ1) is 20.9. The molecule has 162 valence electrons. The maximum absolute atomic E-state index is 12.4. The Kier molecular flexibility index (Phi) is 5.93. The summed E-state index contributed by atoms with van der Waals surface area (Å²) < 4.78 is 5.50. The first-order chi connectivity index (χ1) is 15.0. The monoisotopic (exact) mass is 422 g/mol. The predicted octanol–water partition coefficient (Wildman–Crippen LogP) is 3.14. The van der Waals surface area contributed by atoms with Crippen LogP contribution in [0.1, 0.15) is 36.8 Å². The second kappa shape index (κ2) is 8.79. The van der Waals surface area contributed by atoms with E-state index in [1.54, 1.807) is 6.92 Å². The summed E-state index contributed by atoms with van der Waals surface area (Å²) in [6.45, 7) is 2.28. The van der Waals surface area contributed by atoms with E-state index in [-0.39, 0.29) is 30.3 Å². The third kappa shape index (κ3) is 4.40. The number of fused-ring (bicyclic) bond motifs is 3. The van der Waals surface area contributed by atoms with E-state index in [1.807, 2.05) is 36.4 Å². The van der Waals surface area contributed by atoms with E-state index in [2.05, 4.69) is 22.8 Å². The second-order valence-electron chi connectivity index (χ2n) is 8.12. The third-order valence-corrected chi connectivity index (χ3v) is 6.14. The van der Waals surface area contributed by atoms with Crippen LogP contribution < -0.4 is 10.6 Å². The van der Waals surface area contributed by atoms with Crippen LogP contribution in [0.2, 0.25) is 0 Å². The molecule has 0 spiro atoms. The number of carbonyl (C=O) groups is 3. The largest absolute Gasteiger partial charge is 0.481 e. The lowest BCUT2D eigenvalue weighted by atomic mass is 9.98. The van der Waals surface area contributed by atoms with Crippen molar-refractivity contribution in [1.29, 1.82) is 0 Å². The fourth-order valence-corrected chi connectivity index (χ4v) is 4.27. The maximum Gasteiger partial charge on any atom is 0.407 e. The highest BCUT2D eigenvalue weighted by atomic mass is 16.5.